The van der Waals surface area contributed by atoms with E-state index in [2.05, 4.69) is 0 Å². The fraction of sp³-hybridized carbons (Fsp3) is 0.500. The van der Waals surface area contributed by atoms with Crippen LogP contribution in [0, 0.1) is 0 Å². The third kappa shape index (κ3) is 3.61. The Kier molecular flexibility index (Phi) is 4.97. The van der Waals surface area contributed by atoms with Crippen molar-refractivity contribution in [3.8, 4) is 0 Å². The summed E-state index contributed by atoms with van der Waals surface area (Å²) in [6.07, 6.45) is 0.554. The molecule has 1 heterocycles. The highest BCUT2D eigenvalue weighted by Crippen LogP contribution is 2.26. The van der Waals surface area contributed by atoms with Crippen LogP contribution in [0.4, 0.5) is 0 Å². The van der Waals surface area contributed by atoms with Gasteiger partial charge in [0.1, 0.15) is 6.04 Å². The van der Waals surface area contributed by atoms with E-state index < -0.39 is 22.0 Å². The lowest BCUT2D eigenvalue weighted by molar-refractivity contribution is -0.141. The number of rotatable bonds is 6. The van der Waals surface area contributed by atoms with Gasteiger partial charge in [-0.1, -0.05) is 24.3 Å². The largest absolute Gasteiger partial charge is 0.480 e. The molecular formula is C14H19NO5S. The molecule has 0 unspecified atom stereocenters. The smallest absolute Gasteiger partial charge is 0.322 e. The van der Waals surface area contributed by atoms with Crippen LogP contribution in [0.25, 0.3) is 0 Å². The fourth-order valence-electron chi connectivity index (χ4n) is 2.50. The Bertz CT molecular complexity index is 614. The average molecular weight is 313 g/mol. The van der Waals surface area contributed by atoms with Crippen LogP contribution in [0.2, 0.25) is 0 Å². The van der Waals surface area contributed by atoms with Crippen LogP contribution in [0.1, 0.15) is 17.5 Å². The molecule has 1 aromatic carbocycles. The summed E-state index contributed by atoms with van der Waals surface area (Å²) in [4.78, 5) is 11.4. The van der Waals surface area contributed by atoms with Gasteiger partial charge in [0.25, 0.3) is 0 Å². The topological polar surface area (TPSA) is 83.9 Å². The summed E-state index contributed by atoms with van der Waals surface area (Å²) >= 11 is 0. The van der Waals surface area contributed by atoms with E-state index in [0.717, 1.165) is 15.4 Å². The number of sulfonamides is 1. The molecule has 7 heteroatoms. The predicted octanol–water partition coefficient (Wildman–Crippen LogP) is 0.864. The Labute approximate surface area is 124 Å². The van der Waals surface area contributed by atoms with Gasteiger partial charge >= 0.3 is 5.97 Å². The molecule has 0 aliphatic carbocycles. The van der Waals surface area contributed by atoms with Gasteiger partial charge in [-0.25, -0.2) is 8.42 Å². The number of carboxylic acids is 1. The van der Waals surface area contributed by atoms with Crippen LogP contribution in [0.3, 0.4) is 0 Å². The lowest BCUT2D eigenvalue weighted by atomic mass is 9.96. The van der Waals surface area contributed by atoms with E-state index in [4.69, 9.17) is 4.74 Å². The lowest BCUT2D eigenvalue weighted by Crippen LogP contribution is -2.49. The average Bonchev–Trinajstić information content (AvgIpc) is 2.46. The van der Waals surface area contributed by atoms with Crippen LogP contribution < -0.4 is 0 Å². The minimum atomic E-state index is -3.62. The Balaban J connectivity index is 2.26. The molecule has 1 N–H and O–H groups in total. The van der Waals surface area contributed by atoms with Crippen molar-refractivity contribution in [2.45, 2.75) is 25.4 Å². The van der Waals surface area contributed by atoms with Crippen LogP contribution in [-0.4, -0.2) is 49.3 Å². The van der Waals surface area contributed by atoms with Gasteiger partial charge in [0.05, 0.1) is 5.75 Å². The summed E-state index contributed by atoms with van der Waals surface area (Å²) in [7, 11) is -2.12. The number of aliphatic carboxylic acids is 1. The standard InChI is InChI=1S/C14H19NO5S/c1-20-7-4-8-21(18,19)15-10-12-6-3-2-5-11(12)9-13(15)14(16)17/h2-3,5-6,13H,4,7-10H2,1H3,(H,16,17)/t13-/m1/s1. The maximum absolute atomic E-state index is 12.4. The molecule has 1 aliphatic rings. The van der Waals surface area contributed by atoms with Gasteiger partial charge in [-0.3, -0.25) is 4.79 Å². The maximum atomic E-state index is 12.4. The number of nitrogens with zero attached hydrogens (tertiary/aromatic N) is 1. The highest BCUT2D eigenvalue weighted by atomic mass is 32.2. The summed E-state index contributed by atoms with van der Waals surface area (Å²) in [5, 5.41) is 9.34. The highest BCUT2D eigenvalue weighted by molar-refractivity contribution is 7.89. The zero-order valence-corrected chi connectivity index (χ0v) is 12.7. The Morgan fingerprint density at radius 3 is 2.67 bits per heavy atom. The molecule has 0 aromatic heterocycles. The quantitative estimate of drug-likeness (QED) is 0.788. The zero-order valence-electron chi connectivity index (χ0n) is 11.9. The van der Waals surface area contributed by atoms with E-state index in [1.807, 2.05) is 24.3 Å². The Morgan fingerprint density at radius 2 is 2.05 bits per heavy atom. The molecule has 21 heavy (non-hydrogen) atoms. The number of methoxy groups -OCH3 is 1. The van der Waals surface area contributed by atoms with Crippen molar-refractivity contribution in [3.63, 3.8) is 0 Å². The van der Waals surface area contributed by atoms with Crippen molar-refractivity contribution >= 4 is 16.0 Å². The van der Waals surface area contributed by atoms with Crippen LogP contribution >= 0.6 is 0 Å². The van der Waals surface area contributed by atoms with Crippen LogP contribution in [0.15, 0.2) is 24.3 Å². The van der Waals surface area contributed by atoms with Gasteiger partial charge < -0.3 is 9.84 Å². The summed E-state index contributed by atoms with van der Waals surface area (Å²) in [5.41, 5.74) is 1.76. The Morgan fingerprint density at radius 1 is 1.38 bits per heavy atom. The molecule has 0 fully saturated rings. The summed E-state index contributed by atoms with van der Waals surface area (Å²) in [5.74, 6) is -1.22. The van der Waals surface area contributed by atoms with Crippen LogP contribution in [0.5, 0.6) is 0 Å². The molecule has 0 radical (unpaired) electrons. The second-order valence-electron chi connectivity index (χ2n) is 5.03. The van der Waals surface area contributed by atoms with Crippen molar-refractivity contribution in [2.75, 3.05) is 19.5 Å². The summed E-state index contributed by atoms with van der Waals surface area (Å²) in [6, 6.07) is 6.31. The van der Waals surface area contributed by atoms with Crippen molar-refractivity contribution in [2.24, 2.45) is 0 Å². The van der Waals surface area contributed by atoms with Crippen molar-refractivity contribution in [1.82, 2.24) is 4.31 Å². The van der Waals surface area contributed by atoms with Gasteiger partial charge in [0, 0.05) is 26.7 Å². The molecule has 2 rings (SSSR count). The van der Waals surface area contributed by atoms with E-state index >= 15 is 0 Å². The third-order valence-corrected chi connectivity index (χ3v) is 5.50. The van der Waals surface area contributed by atoms with Gasteiger partial charge in [-0.15, -0.1) is 0 Å². The molecule has 0 spiro atoms. The number of hydrogen-bond donors (Lipinski definition) is 1. The third-order valence-electron chi connectivity index (χ3n) is 3.60. The molecule has 116 valence electrons. The first-order valence-electron chi connectivity index (χ1n) is 6.74. The molecular weight excluding hydrogens is 294 g/mol. The minimum absolute atomic E-state index is 0.104. The monoisotopic (exact) mass is 313 g/mol. The molecule has 0 bridgehead atoms. The minimum Gasteiger partial charge on any atom is -0.480 e. The number of benzene rings is 1. The van der Waals surface area contributed by atoms with E-state index in [9.17, 15) is 18.3 Å². The van der Waals surface area contributed by atoms with Crippen molar-refractivity contribution in [3.05, 3.63) is 35.4 Å². The Hall–Kier alpha value is -1.44. The number of carboxylic acid groups (broad SMARTS) is 1. The van der Waals surface area contributed by atoms with Gasteiger partial charge in [0.15, 0.2) is 0 Å². The van der Waals surface area contributed by atoms with Crippen LogP contribution in [-0.2, 0) is 32.5 Å². The van der Waals surface area contributed by atoms with E-state index in [1.54, 1.807) is 0 Å². The van der Waals surface area contributed by atoms with E-state index in [0.29, 0.717) is 13.0 Å². The normalized spacial score (nSPS) is 19.2. The second-order valence-corrected chi connectivity index (χ2v) is 7.08. The summed E-state index contributed by atoms with van der Waals surface area (Å²) < 4.78 is 30.7. The number of ether oxygens (including phenoxy) is 1. The fourth-order valence-corrected chi connectivity index (χ4v) is 4.11. The zero-order chi connectivity index (χ0) is 15.5. The van der Waals surface area contributed by atoms with Crippen molar-refractivity contribution < 1.29 is 23.1 Å². The molecule has 6 nitrogen and oxygen atoms in total. The molecule has 1 aromatic rings. The first kappa shape index (κ1) is 15.9. The number of fused-ring (bicyclic) bond motifs is 1. The van der Waals surface area contributed by atoms with Gasteiger partial charge in [0.2, 0.25) is 10.0 Å². The summed E-state index contributed by atoms with van der Waals surface area (Å²) in [6.45, 7) is 0.448. The van der Waals surface area contributed by atoms with Gasteiger partial charge in [-0.05, 0) is 17.5 Å². The predicted molar refractivity (Wildman–Crippen MR) is 77.4 cm³/mol. The number of carbonyl (C=O) groups is 1. The highest BCUT2D eigenvalue weighted by Gasteiger charge is 2.38. The molecule has 1 atom stereocenters. The molecule has 0 saturated heterocycles. The molecule has 0 saturated carbocycles. The van der Waals surface area contributed by atoms with E-state index in [-0.39, 0.29) is 18.7 Å². The maximum Gasteiger partial charge on any atom is 0.322 e. The number of hydrogen-bond acceptors (Lipinski definition) is 4. The lowest BCUT2D eigenvalue weighted by Gasteiger charge is -2.33. The first-order valence-corrected chi connectivity index (χ1v) is 8.34. The molecule has 0 amide bonds. The SMILES string of the molecule is COCCCS(=O)(=O)N1Cc2ccccc2C[C@@H]1C(=O)O. The van der Waals surface area contributed by atoms with Crippen molar-refractivity contribution in [1.29, 1.82) is 0 Å². The van der Waals surface area contributed by atoms with Gasteiger partial charge in [-0.2, -0.15) is 4.31 Å². The first-order chi connectivity index (χ1) is 9.95. The second kappa shape index (κ2) is 6.55. The van der Waals surface area contributed by atoms with E-state index in [1.165, 1.54) is 7.11 Å². The molecule has 1 aliphatic heterocycles.